The molecule has 0 fully saturated rings. The van der Waals surface area contributed by atoms with Crippen molar-refractivity contribution in [1.82, 2.24) is 0 Å². The van der Waals surface area contributed by atoms with Gasteiger partial charge in [-0.1, -0.05) is 540 Å². The minimum atomic E-state index is -0.392. The maximum absolute atomic E-state index is 8.63. The molecule has 0 unspecified atom stereocenters. The van der Waals surface area contributed by atoms with Crippen molar-refractivity contribution in [3.05, 3.63) is 558 Å². The third-order valence-electron chi connectivity index (χ3n) is 27.5. The maximum atomic E-state index is 8.63. The Bertz CT molecular complexity index is 9250. The predicted molar refractivity (Wildman–Crippen MR) is 593 cm³/mol. The SMILES string of the molecule is [2H]c1c([2H])c([2H])c(-c2ccc3c(-c4ccc(-c5ccccc5)cc4)c4ccccc4c(-c4ccccc4)c3c2)c([2H])c1[2H].c1ccc(-c2ccc(-c3c4ccccc4c(-c4ccccc4)c4cc(-c5c6ccccc6c(-c6ccccc6)c6ccccc56)ccc34)cc2)cc1.c1ccc(-c2ccc(-c3c4ccccc4c(-c4ccccc4)c4cc(-c5ccc(-c6cccc7ccccc67)cc5)ccc34)cc2)cc1. The number of fused-ring (bicyclic) bond motifs is 9. The van der Waals surface area contributed by atoms with Crippen molar-refractivity contribution in [3.8, 4) is 156 Å². The van der Waals surface area contributed by atoms with E-state index in [0.717, 1.165) is 54.9 Å². The zero-order valence-electron chi connectivity index (χ0n) is 80.7. The smallest absolute Gasteiger partial charge is 0.0622 e. The third-order valence-corrected chi connectivity index (χ3v) is 27.5. The Balaban J connectivity index is 0.000000116. The molecule has 0 nitrogen and oxygen atoms in total. The van der Waals surface area contributed by atoms with Crippen LogP contribution in [0.4, 0.5) is 0 Å². The molecule has 0 aliphatic heterocycles. The lowest BCUT2D eigenvalue weighted by Gasteiger charge is -2.21. The average molecular weight is 1760 g/mol. The second-order valence-electron chi connectivity index (χ2n) is 35.4. The lowest BCUT2D eigenvalue weighted by molar-refractivity contribution is 1.60. The standard InChI is InChI=1S/C52H34.C48H32.C38H26/c1-4-16-35(17-5-1)36-28-30-39(31-29-36)50-41-22-10-13-25-44(41)51(38-20-8-3-9-21-38)48-34-40(32-33-47(48)50)52-45-26-14-11-23-42(45)49(37-18-6-2-7-19-37)43-24-12-15-27-46(43)52;1-3-12-33(13-4-1)34-24-28-39(29-25-34)47-43-19-9-10-20-44(43)48(38-15-5-2-6-16-38)46-32-40(30-31-45(46)47)35-22-26-37(27-23-35)42-21-11-17-36-14-7-8-18-41(36)42;1-4-12-27(13-5-1)29-20-22-31(23-21-29)37-33-18-10-11-19-34(33)38(30-16-8-3-9-17-30)36-26-32(24-25-35(36)37)28-14-6-2-7-15-28/h1-34H;1-32H;1-26H/i;;2D,6D,7D,14D,15D. The Morgan fingerprint density at radius 2 is 0.283 bits per heavy atom. The van der Waals surface area contributed by atoms with Crippen LogP contribution in [-0.2, 0) is 0 Å². The Morgan fingerprint density at radius 1 is 0.101 bits per heavy atom. The van der Waals surface area contributed by atoms with Gasteiger partial charge in [0.15, 0.2) is 0 Å². The molecule has 0 aromatic heterocycles. The van der Waals surface area contributed by atoms with Gasteiger partial charge >= 0.3 is 0 Å². The minimum Gasteiger partial charge on any atom is -0.0622 e. The van der Waals surface area contributed by atoms with Crippen molar-refractivity contribution < 1.29 is 6.85 Å². The van der Waals surface area contributed by atoms with E-state index in [2.05, 4.69) is 467 Å². The summed E-state index contributed by atoms with van der Waals surface area (Å²) in [4.78, 5) is 0. The van der Waals surface area contributed by atoms with Gasteiger partial charge in [0, 0.05) is 0 Å². The molecule has 0 heteroatoms. The van der Waals surface area contributed by atoms with Crippen LogP contribution >= 0.6 is 0 Å². The molecule has 138 heavy (non-hydrogen) atoms. The van der Waals surface area contributed by atoms with Gasteiger partial charge in [-0.2, -0.15) is 0 Å². The summed E-state index contributed by atoms with van der Waals surface area (Å²) in [5.74, 6) is 0. The van der Waals surface area contributed by atoms with E-state index in [1.54, 1.807) is 0 Å². The first-order chi connectivity index (χ1) is 70.6. The van der Waals surface area contributed by atoms with E-state index in [1.807, 2.05) is 60.7 Å². The van der Waals surface area contributed by atoms with Crippen LogP contribution in [0.25, 0.3) is 253 Å². The zero-order chi connectivity index (χ0) is 96.0. The Morgan fingerprint density at radius 3 is 0.587 bits per heavy atom. The highest BCUT2D eigenvalue weighted by Crippen LogP contribution is 2.52. The summed E-state index contributed by atoms with van der Waals surface area (Å²) in [7, 11) is 0. The number of hydrogen-bond acceptors (Lipinski definition) is 0. The van der Waals surface area contributed by atoms with Gasteiger partial charge in [0.25, 0.3) is 0 Å². The minimum absolute atomic E-state index is 0.203. The molecular formula is C138H92. The molecule has 0 N–H and O–H groups in total. The van der Waals surface area contributed by atoms with Crippen LogP contribution in [0.15, 0.2) is 558 Å². The van der Waals surface area contributed by atoms with Gasteiger partial charge in [0.05, 0.1) is 6.85 Å². The molecule has 26 aromatic rings. The molecule has 0 bridgehead atoms. The van der Waals surface area contributed by atoms with Crippen molar-refractivity contribution in [3.63, 3.8) is 0 Å². The second-order valence-corrected chi connectivity index (χ2v) is 35.4. The summed E-state index contributed by atoms with van der Waals surface area (Å²) in [6.07, 6.45) is 0. The molecule has 0 radical (unpaired) electrons. The molecule has 0 atom stereocenters. The summed E-state index contributed by atoms with van der Waals surface area (Å²) in [6.45, 7) is 0. The first-order valence-corrected chi connectivity index (χ1v) is 47.3. The van der Waals surface area contributed by atoms with E-state index in [0.29, 0.717) is 5.56 Å². The van der Waals surface area contributed by atoms with Gasteiger partial charge in [-0.3, -0.25) is 0 Å². The van der Waals surface area contributed by atoms with Crippen LogP contribution in [0, 0.1) is 0 Å². The van der Waals surface area contributed by atoms with Gasteiger partial charge in [-0.15, -0.1) is 0 Å². The van der Waals surface area contributed by atoms with Crippen LogP contribution < -0.4 is 0 Å². The van der Waals surface area contributed by atoms with Gasteiger partial charge in [-0.05, 0) is 271 Å². The topological polar surface area (TPSA) is 0 Å². The molecule has 0 spiro atoms. The molecule has 0 aliphatic carbocycles. The van der Waals surface area contributed by atoms with E-state index in [-0.39, 0.29) is 29.7 Å². The van der Waals surface area contributed by atoms with Crippen LogP contribution in [0.1, 0.15) is 6.85 Å². The maximum Gasteiger partial charge on any atom is 0.0629 e. The van der Waals surface area contributed by atoms with Gasteiger partial charge in [-0.25, -0.2) is 0 Å². The fourth-order valence-corrected chi connectivity index (χ4v) is 21.2. The first-order valence-electron chi connectivity index (χ1n) is 49.8. The van der Waals surface area contributed by atoms with E-state index in [9.17, 15) is 0 Å². The monoisotopic (exact) mass is 1750 g/mol. The zero-order valence-corrected chi connectivity index (χ0v) is 75.7. The van der Waals surface area contributed by atoms with Crippen molar-refractivity contribution in [2.75, 3.05) is 0 Å². The first kappa shape index (κ1) is 77.6. The predicted octanol–water partition coefficient (Wildman–Crippen LogP) is 38.8. The molecule has 0 saturated heterocycles. The van der Waals surface area contributed by atoms with E-state index in [4.69, 9.17) is 6.85 Å². The number of hydrogen-bond donors (Lipinski definition) is 0. The Hall–Kier alpha value is -17.9. The Kier molecular flexibility index (Phi) is 20.8. The molecule has 0 heterocycles. The van der Waals surface area contributed by atoms with Gasteiger partial charge < -0.3 is 0 Å². The summed E-state index contributed by atoms with van der Waals surface area (Å²) in [6, 6.07) is 188. The van der Waals surface area contributed by atoms with Gasteiger partial charge in [0.2, 0.25) is 0 Å². The highest BCUT2D eigenvalue weighted by molar-refractivity contribution is 6.27. The lowest BCUT2D eigenvalue weighted by atomic mass is 9.82. The molecule has 26 aromatic carbocycles. The van der Waals surface area contributed by atoms with Gasteiger partial charge in [0.1, 0.15) is 0 Å². The molecule has 644 valence electrons. The van der Waals surface area contributed by atoms with E-state index in [1.165, 1.54) is 187 Å². The van der Waals surface area contributed by atoms with Crippen LogP contribution in [0.3, 0.4) is 0 Å². The van der Waals surface area contributed by atoms with Crippen molar-refractivity contribution in [2.24, 2.45) is 0 Å². The van der Waals surface area contributed by atoms with Crippen LogP contribution in [-0.4, -0.2) is 0 Å². The molecular weight excluding hydrogens is 1660 g/mol. The average Bonchev–Trinajstić information content (AvgIpc) is 0.723. The number of benzene rings is 26. The van der Waals surface area contributed by atoms with E-state index < -0.39 is 6.04 Å². The van der Waals surface area contributed by atoms with Crippen molar-refractivity contribution >= 4 is 97.0 Å². The third kappa shape index (κ3) is 15.7. The fraction of sp³-hybridized carbons (Fsp3) is 0. The largest absolute Gasteiger partial charge is 0.0629 e. The normalized spacial score (nSPS) is 11.8. The highest BCUT2D eigenvalue weighted by atomic mass is 14.3. The number of rotatable bonds is 14. The molecule has 26 rings (SSSR count). The van der Waals surface area contributed by atoms with Crippen molar-refractivity contribution in [2.45, 2.75) is 0 Å². The van der Waals surface area contributed by atoms with Crippen LogP contribution in [0.5, 0.6) is 0 Å². The summed E-state index contributed by atoms with van der Waals surface area (Å²) in [5, 5.41) is 21.9. The quantitative estimate of drug-likeness (QED) is 0.0952. The summed E-state index contributed by atoms with van der Waals surface area (Å²) in [5.41, 5.74) is 32.2. The second kappa shape index (κ2) is 36.9. The fourth-order valence-electron chi connectivity index (χ4n) is 21.2. The molecule has 0 amide bonds. The highest BCUT2D eigenvalue weighted by Gasteiger charge is 2.25. The van der Waals surface area contributed by atoms with Crippen molar-refractivity contribution in [1.29, 1.82) is 0 Å². The van der Waals surface area contributed by atoms with E-state index >= 15 is 0 Å². The summed E-state index contributed by atoms with van der Waals surface area (Å²) >= 11 is 0. The lowest BCUT2D eigenvalue weighted by Crippen LogP contribution is -1.93. The molecule has 0 aliphatic rings. The Labute approximate surface area is 812 Å². The van der Waals surface area contributed by atoms with Crippen LogP contribution in [0.2, 0.25) is 0 Å². The summed E-state index contributed by atoms with van der Waals surface area (Å²) < 4.78 is 41.8. The molecule has 0 saturated carbocycles.